The van der Waals surface area contributed by atoms with Gasteiger partial charge in [-0.15, -0.1) is 0 Å². The molecule has 1 aliphatic heterocycles. The highest BCUT2D eigenvalue weighted by Crippen LogP contribution is 2.68. The maximum absolute atomic E-state index is 12.6. The molecule has 1 heterocycles. The molecular formula is C16H19Cl2NO. The zero-order valence-electron chi connectivity index (χ0n) is 11.6. The molecule has 0 amide bonds. The molecule has 1 saturated heterocycles. The Labute approximate surface area is 129 Å². The lowest BCUT2D eigenvalue weighted by Crippen LogP contribution is -2.42. The van der Waals surface area contributed by atoms with Crippen molar-refractivity contribution >= 4 is 29.0 Å². The van der Waals surface area contributed by atoms with Gasteiger partial charge in [-0.05, 0) is 43.5 Å². The van der Waals surface area contributed by atoms with E-state index >= 15 is 0 Å². The average molecular weight is 312 g/mol. The number of halogens is 2. The van der Waals surface area contributed by atoms with Crippen LogP contribution in [-0.4, -0.2) is 18.9 Å². The highest BCUT2D eigenvalue weighted by Gasteiger charge is 2.71. The minimum Gasteiger partial charge on any atom is -0.316 e. The number of benzene rings is 1. The van der Waals surface area contributed by atoms with Crippen LogP contribution >= 0.6 is 23.2 Å². The highest BCUT2D eigenvalue weighted by atomic mass is 35.5. The molecule has 1 N–H and O–H groups in total. The molecule has 1 aliphatic carbocycles. The standard InChI is InChI=1S/C16H19Cl2NO/c1-2-3-14(20)16-9-15(16,6-7-19-10-16)11-4-5-12(17)13(18)8-11/h4-5,8,19H,2-3,6-7,9-10H2,1H3/t15-,16-/m1/s1. The molecular weight excluding hydrogens is 293 g/mol. The SMILES string of the molecule is CCCC(=O)[C@@]12CNCC[C@]1(c1ccc(Cl)c(Cl)c1)C2. The number of piperidine rings is 1. The fraction of sp³-hybridized carbons (Fsp3) is 0.562. The Morgan fingerprint density at radius 2 is 2.15 bits per heavy atom. The third-order valence-electron chi connectivity index (χ3n) is 5.03. The summed E-state index contributed by atoms with van der Waals surface area (Å²) in [6, 6.07) is 5.85. The van der Waals surface area contributed by atoms with Gasteiger partial charge in [0.25, 0.3) is 0 Å². The second-order valence-electron chi connectivity index (χ2n) is 6.07. The Kier molecular flexibility index (Phi) is 3.60. The first-order valence-corrected chi connectivity index (χ1v) is 8.01. The summed E-state index contributed by atoms with van der Waals surface area (Å²) in [6.45, 7) is 3.82. The normalized spacial score (nSPS) is 31.8. The number of rotatable bonds is 4. The lowest BCUT2D eigenvalue weighted by molar-refractivity contribution is -0.125. The molecule has 2 aliphatic rings. The van der Waals surface area contributed by atoms with Crippen LogP contribution in [0.4, 0.5) is 0 Å². The van der Waals surface area contributed by atoms with E-state index in [9.17, 15) is 4.79 Å². The number of carbonyl (C=O) groups excluding carboxylic acids is 1. The fourth-order valence-corrected chi connectivity index (χ4v) is 4.18. The zero-order valence-corrected chi connectivity index (χ0v) is 13.2. The molecule has 1 aromatic rings. The van der Waals surface area contributed by atoms with Gasteiger partial charge in [0, 0.05) is 18.4 Å². The van der Waals surface area contributed by atoms with E-state index in [1.54, 1.807) is 0 Å². The quantitative estimate of drug-likeness (QED) is 0.911. The van der Waals surface area contributed by atoms with Crippen LogP contribution in [0, 0.1) is 5.41 Å². The predicted octanol–water partition coefficient (Wildman–Crippen LogP) is 3.98. The summed E-state index contributed by atoms with van der Waals surface area (Å²) in [5.74, 6) is 0.401. The summed E-state index contributed by atoms with van der Waals surface area (Å²) < 4.78 is 0. The summed E-state index contributed by atoms with van der Waals surface area (Å²) >= 11 is 12.2. The predicted molar refractivity (Wildman–Crippen MR) is 82.6 cm³/mol. The molecule has 0 radical (unpaired) electrons. The van der Waals surface area contributed by atoms with Gasteiger partial charge in [0.15, 0.2) is 0 Å². The van der Waals surface area contributed by atoms with Crippen LogP contribution in [0.15, 0.2) is 18.2 Å². The Morgan fingerprint density at radius 3 is 2.85 bits per heavy atom. The van der Waals surface area contributed by atoms with Crippen molar-refractivity contribution < 1.29 is 4.79 Å². The largest absolute Gasteiger partial charge is 0.316 e. The Morgan fingerprint density at radius 1 is 1.35 bits per heavy atom. The second kappa shape index (κ2) is 5.01. The number of ketones is 1. The first-order valence-electron chi connectivity index (χ1n) is 7.25. The van der Waals surface area contributed by atoms with Crippen molar-refractivity contribution in [1.29, 1.82) is 0 Å². The summed E-state index contributed by atoms with van der Waals surface area (Å²) in [6.07, 6.45) is 3.53. The lowest BCUT2D eigenvalue weighted by atomic mass is 9.78. The van der Waals surface area contributed by atoms with Gasteiger partial charge in [-0.2, -0.15) is 0 Å². The Bertz CT molecular complexity index is 559. The zero-order chi connectivity index (χ0) is 14.4. The van der Waals surface area contributed by atoms with E-state index in [4.69, 9.17) is 23.2 Å². The maximum Gasteiger partial charge on any atom is 0.141 e. The fourth-order valence-electron chi connectivity index (χ4n) is 3.88. The third-order valence-corrected chi connectivity index (χ3v) is 5.77. The Balaban J connectivity index is 1.98. The van der Waals surface area contributed by atoms with Gasteiger partial charge in [0.05, 0.1) is 15.5 Å². The van der Waals surface area contributed by atoms with E-state index in [0.29, 0.717) is 22.2 Å². The van der Waals surface area contributed by atoms with E-state index in [1.165, 1.54) is 5.56 Å². The first-order chi connectivity index (χ1) is 9.56. The summed E-state index contributed by atoms with van der Waals surface area (Å²) in [7, 11) is 0. The molecule has 3 rings (SSSR count). The van der Waals surface area contributed by atoms with Gasteiger partial charge in [0.1, 0.15) is 5.78 Å². The monoisotopic (exact) mass is 311 g/mol. The number of Topliss-reactive ketones (excluding diaryl/α,β-unsaturated/α-hetero) is 1. The molecule has 2 atom stereocenters. The van der Waals surface area contributed by atoms with Crippen LogP contribution in [0.3, 0.4) is 0 Å². The van der Waals surface area contributed by atoms with Crippen molar-refractivity contribution in [3.05, 3.63) is 33.8 Å². The van der Waals surface area contributed by atoms with Crippen molar-refractivity contribution in [2.24, 2.45) is 5.41 Å². The Hall–Kier alpha value is -0.570. The molecule has 1 saturated carbocycles. The van der Waals surface area contributed by atoms with Crippen LogP contribution in [0.2, 0.25) is 10.0 Å². The van der Waals surface area contributed by atoms with Crippen LogP contribution in [0.25, 0.3) is 0 Å². The molecule has 0 aromatic heterocycles. The van der Waals surface area contributed by atoms with Gasteiger partial charge in [-0.3, -0.25) is 4.79 Å². The molecule has 4 heteroatoms. The van der Waals surface area contributed by atoms with Crippen LogP contribution in [0.1, 0.15) is 38.2 Å². The van der Waals surface area contributed by atoms with Crippen molar-refractivity contribution in [1.82, 2.24) is 5.32 Å². The molecule has 0 spiro atoms. The molecule has 0 unspecified atom stereocenters. The molecule has 2 nitrogen and oxygen atoms in total. The van der Waals surface area contributed by atoms with E-state index in [2.05, 4.69) is 12.2 Å². The number of hydrogen-bond acceptors (Lipinski definition) is 2. The lowest BCUT2D eigenvalue weighted by Gasteiger charge is -2.31. The van der Waals surface area contributed by atoms with Crippen molar-refractivity contribution in [2.75, 3.05) is 13.1 Å². The minimum absolute atomic E-state index is 0.0151. The molecule has 20 heavy (non-hydrogen) atoms. The first kappa shape index (κ1) is 14.4. The van der Waals surface area contributed by atoms with Gasteiger partial charge < -0.3 is 5.32 Å². The van der Waals surface area contributed by atoms with Crippen LogP contribution in [-0.2, 0) is 10.2 Å². The van der Waals surface area contributed by atoms with Crippen molar-refractivity contribution in [2.45, 2.75) is 38.0 Å². The number of fused-ring (bicyclic) bond motifs is 1. The van der Waals surface area contributed by atoms with Crippen LogP contribution in [0.5, 0.6) is 0 Å². The summed E-state index contributed by atoms with van der Waals surface area (Å²) in [4.78, 5) is 12.6. The van der Waals surface area contributed by atoms with E-state index in [1.807, 2.05) is 18.2 Å². The van der Waals surface area contributed by atoms with Crippen LogP contribution < -0.4 is 5.32 Å². The van der Waals surface area contributed by atoms with E-state index in [0.717, 1.165) is 32.4 Å². The minimum atomic E-state index is -0.210. The summed E-state index contributed by atoms with van der Waals surface area (Å²) in [5.41, 5.74) is 0.954. The van der Waals surface area contributed by atoms with E-state index in [-0.39, 0.29) is 10.8 Å². The molecule has 108 valence electrons. The van der Waals surface area contributed by atoms with E-state index < -0.39 is 0 Å². The van der Waals surface area contributed by atoms with Crippen molar-refractivity contribution in [3.8, 4) is 0 Å². The highest BCUT2D eigenvalue weighted by molar-refractivity contribution is 6.42. The summed E-state index contributed by atoms with van der Waals surface area (Å²) in [5, 5.41) is 4.56. The number of carbonyl (C=O) groups is 1. The number of hydrogen-bond donors (Lipinski definition) is 1. The van der Waals surface area contributed by atoms with Gasteiger partial charge in [0.2, 0.25) is 0 Å². The molecule has 1 aromatic carbocycles. The third kappa shape index (κ3) is 1.93. The van der Waals surface area contributed by atoms with Crippen molar-refractivity contribution in [3.63, 3.8) is 0 Å². The molecule has 0 bridgehead atoms. The number of nitrogens with one attached hydrogen (secondary N) is 1. The second-order valence-corrected chi connectivity index (χ2v) is 6.88. The smallest absolute Gasteiger partial charge is 0.141 e. The average Bonchev–Trinajstić information content (AvgIpc) is 3.14. The van der Waals surface area contributed by atoms with Gasteiger partial charge >= 0.3 is 0 Å². The maximum atomic E-state index is 12.6. The molecule has 2 fully saturated rings. The topological polar surface area (TPSA) is 29.1 Å². The van der Waals surface area contributed by atoms with Gasteiger partial charge in [-0.25, -0.2) is 0 Å². The van der Waals surface area contributed by atoms with Gasteiger partial charge in [-0.1, -0.05) is 36.2 Å².